The number of imide groups is 1. The molecular weight excluding hydrogens is 254 g/mol. The zero-order valence-electron chi connectivity index (χ0n) is 9.67. The van der Waals surface area contributed by atoms with Crippen molar-refractivity contribution < 1.29 is 14.3 Å². The lowest BCUT2D eigenvalue weighted by Gasteiger charge is -2.13. The molecule has 18 heavy (non-hydrogen) atoms. The molecule has 0 aromatic heterocycles. The lowest BCUT2D eigenvalue weighted by Crippen LogP contribution is -2.42. The second-order valence-electron chi connectivity index (χ2n) is 3.51. The van der Waals surface area contributed by atoms with Crippen molar-refractivity contribution in [2.45, 2.75) is 13.0 Å². The van der Waals surface area contributed by atoms with Crippen molar-refractivity contribution in [3.05, 3.63) is 29.8 Å². The predicted molar refractivity (Wildman–Crippen MR) is 70.1 cm³/mol. The van der Waals surface area contributed by atoms with E-state index in [1.807, 2.05) is 5.32 Å². The number of ether oxygens (including phenoxy) is 1. The van der Waals surface area contributed by atoms with Crippen molar-refractivity contribution in [1.82, 2.24) is 5.32 Å². The number of hydrogen-bond acceptors (Lipinski definition) is 4. The number of hydrogen-bond donors (Lipinski definition) is 3. The number of nitrogens with two attached hydrogens (primary N) is 2. The number of carbonyl (C=O) groups excluding carboxylic acids is 2. The first-order valence-corrected chi connectivity index (χ1v) is 5.48. The van der Waals surface area contributed by atoms with Crippen LogP contribution in [0, 0.1) is 0 Å². The van der Waals surface area contributed by atoms with Crippen LogP contribution in [0.1, 0.15) is 12.5 Å². The number of urea groups is 1. The second kappa shape index (κ2) is 5.97. The van der Waals surface area contributed by atoms with E-state index in [0.717, 1.165) is 0 Å². The quantitative estimate of drug-likeness (QED) is 0.679. The standard InChI is InChI=1S/C11H13N3O3S/c1-6(10(15)14-11(13)16)17-8-4-2-3-7(5-8)9(12)18/h2-6H,1H3,(H2,12,18)(H3,13,14,15,16). The van der Waals surface area contributed by atoms with E-state index in [1.54, 1.807) is 24.3 Å². The Hall–Kier alpha value is -2.15. The van der Waals surface area contributed by atoms with Gasteiger partial charge in [0.25, 0.3) is 5.91 Å². The Labute approximate surface area is 109 Å². The molecule has 0 bridgehead atoms. The van der Waals surface area contributed by atoms with Crippen LogP contribution in [0.3, 0.4) is 0 Å². The molecule has 5 N–H and O–H groups in total. The van der Waals surface area contributed by atoms with Crippen LogP contribution < -0.4 is 21.5 Å². The maximum Gasteiger partial charge on any atom is 0.318 e. The fourth-order valence-electron chi connectivity index (χ4n) is 1.20. The highest BCUT2D eigenvalue weighted by atomic mass is 32.1. The summed E-state index contributed by atoms with van der Waals surface area (Å²) in [7, 11) is 0. The summed E-state index contributed by atoms with van der Waals surface area (Å²) in [4.78, 5) is 22.1. The van der Waals surface area contributed by atoms with Gasteiger partial charge < -0.3 is 16.2 Å². The van der Waals surface area contributed by atoms with Gasteiger partial charge in [-0.3, -0.25) is 10.1 Å². The van der Waals surface area contributed by atoms with Gasteiger partial charge in [-0.25, -0.2) is 4.79 Å². The van der Waals surface area contributed by atoms with Crippen molar-refractivity contribution in [1.29, 1.82) is 0 Å². The van der Waals surface area contributed by atoms with E-state index in [4.69, 9.17) is 28.4 Å². The number of amides is 3. The first-order valence-electron chi connectivity index (χ1n) is 5.07. The van der Waals surface area contributed by atoms with E-state index in [2.05, 4.69) is 0 Å². The van der Waals surface area contributed by atoms with Crippen molar-refractivity contribution in [3.8, 4) is 5.75 Å². The third kappa shape index (κ3) is 4.02. The van der Waals surface area contributed by atoms with E-state index in [1.165, 1.54) is 6.92 Å². The molecule has 0 fully saturated rings. The summed E-state index contributed by atoms with van der Waals surface area (Å²) in [5.41, 5.74) is 10.9. The summed E-state index contributed by atoms with van der Waals surface area (Å²) in [5.74, 6) is -0.198. The molecular formula is C11H13N3O3S. The number of benzene rings is 1. The summed E-state index contributed by atoms with van der Waals surface area (Å²) < 4.78 is 5.33. The smallest absolute Gasteiger partial charge is 0.318 e. The van der Waals surface area contributed by atoms with E-state index in [-0.39, 0.29) is 4.99 Å². The topological polar surface area (TPSA) is 107 Å². The number of thiocarbonyl (C=S) groups is 1. The molecule has 0 aliphatic rings. The van der Waals surface area contributed by atoms with Crippen LogP contribution in [0.2, 0.25) is 0 Å². The van der Waals surface area contributed by atoms with Gasteiger partial charge in [0.2, 0.25) is 0 Å². The molecule has 1 aromatic carbocycles. The normalized spacial score (nSPS) is 11.4. The van der Waals surface area contributed by atoms with Gasteiger partial charge >= 0.3 is 6.03 Å². The minimum Gasteiger partial charge on any atom is -0.481 e. The van der Waals surface area contributed by atoms with Crippen LogP contribution >= 0.6 is 12.2 Å². The Morgan fingerprint density at radius 3 is 2.61 bits per heavy atom. The number of primary amides is 1. The zero-order chi connectivity index (χ0) is 13.7. The van der Waals surface area contributed by atoms with E-state index in [9.17, 15) is 9.59 Å². The summed E-state index contributed by atoms with van der Waals surface area (Å²) in [6, 6.07) is 5.75. The van der Waals surface area contributed by atoms with Crippen molar-refractivity contribution in [2.24, 2.45) is 11.5 Å². The highest BCUT2D eigenvalue weighted by molar-refractivity contribution is 7.80. The van der Waals surface area contributed by atoms with Gasteiger partial charge in [0.15, 0.2) is 6.10 Å². The molecule has 1 rings (SSSR count). The Kier molecular flexibility index (Phi) is 4.61. The molecule has 0 aliphatic heterocycles. The van der Waals surface area contributed by atoms with Gasteiger partial charge in [-0.2, -0.15) is 0 Å². The fourth-order valence-corrected chi connectivity index (χ4v) is 1.33. The maximum absolute atomic E-state index is 11.4. The van der Waals surface area contributed by atoms with Crippen LogP contribution in [0.5, 0.6) is 5.75 Å². The molecule has 0 radical (unpaired) electrons. The lowest BCUT2D eigenvalue weighted by molar-refractivity contribution is -0.126. The van der Waals surface area contributed by atoms with Crippen LogP contribution in [-0.2, 0) is 4.79 Å². The minimum absolute atomic E-state index is 0.231. The summed E-state index contributed by atoms with van der Waals surface area (Å²) in [5, 5.41) is 1.92. The van der Waals surface area contributed by atoms with Crippen LogP contribution in [0.15, 0.2) is 24.3 Å². The number of carbonyl (C=O) groups is 2. The molecule has 0 heterocycles. The predicted octanol–water partition coefficient (Wildman–Crippen LogP) is 0.283. The van der Waals surface area contributed by atoms with Gasteiger partial charge in [0.1, 0.15) is 10.7 Å². The van der Waals surface area contributed by atoms with Crippen molar-refractivity contribution in [3.63, 3.8) is 0 Å². The Morgan fingerprint density at radius 1 is 1.39 bits per heavy atom. The molecule has 3 amide bonds. The van der Waals surface area contributed by atoms with E-state index in [0.29, 0.717) is 11.3 Å². The molecule has 0 spiro atoms. The molecule has 0 saturated carbocycles. The lowest BCUT2D eigenvalue weighted by atomic mass is 10.2. The van der Waals surface area contributed by atoms with Crippen molar-refractivity contribution in [2.75, 3.05) is 0 Å². The third-order valence-electron chi connectivity index (χ3n) is 2.05. The zero-order valence-corrected chi connectivity index (χ0v) is 10.5. The summed E-state index contributed by atoms with van der Waals surface area (Å²) in [6.45, 7) is 1.49. The van der Waals surface area contributed by atoms with Gasteiger partial charge in [-0.1, -0.05) is 24.4 Å². The largest absolute Gasteiger partial charge is 0.481 e. The minimum atomic E-state index is -0.924. The molecule has 6 nitrogen and oxygen atoms in total. The fraction of sp³-hybridized carbons (Fsp3) is 0.182. The highest BCUT2D eigenvalue weighted by Crippen LogP contribution is 2.14. The Balaban J connectivity index is 2.72. The molecule has 0 aliphatic carbocycles. The maximum atomic E-state index is 11.4. The molecule has 7 heteroatoms. The third-order valence-corrected chi connectivity index (χ3v) is 2.28. The number of nitrogens with one attached hydrogen (secondary N) is 1. The van der Waals surface area contributed by atoms with Crippen LogP contribution in [0.25, 0.3) is 0 Å². The Bertz CT molecular complexity index is 490. The first kappa shape index (κ1) is 13.9. The van der Waals surface area contributed by atoms with Gasteiger partial charge in [0, 0.05) is 5.56 Å². The summed E-state index contributed by atoms with van der Waals surface area (Å²) in [6.07, 6.45) is -0.862. The molecule has 1 unspecified atom stereocenters. The first-order chi connectivity index (χ1) is 8.40. The van der Waals surface area contributed by atoms with Crippen molar-refractivity contribution >= 4 is 29.1 Å². The highest BCUT2D eigenvalue weighted by Gasteiger charge is 2.16. The van der Waals surface area contributed by atoms with Gasteiger partial charge in [-0.05, 0) is 19.1 Å². The van der Waals surface area contributed by atoms with Crippen LogP contribution in [-0.4, -0.2) is 23.0 Å². The van der Waals surface area contributed by atoms with Crippen LogP contribution in [0.4, 0.5) is 4.79 Å². The van der Waals surface area contributed by atoms with E-state index >= 15 is 0 Å². The molecule has 1 atom stereocenters. The average molecular weight is 267 g/mol. The molecule has 0 saturated heterocycles. The monoisotopic (exact) mass is 267 g/mol. The molecule has 96 valence electrons. The van der Waals surface area contributed by atoms with E-state index < -0.39 is 18.0 Å². The Morgan fingerprint density at radius 2 is 2.06 bits per heavy atom. The average Bonchev–Trinajstić information content (AvgIpc) is 2.28. The second-order valence-corrected chi connectivity index (χ2v) is 3.95. The SMILES string of the molecule is CC(Oc1cccc(C(N)=S)c1)C(=O)NC(N)=O. The number of rotatable bonds is 4. The molecule has 1 aromatic rings. The van der Waals surface area contributed by atoms with Gasteiger partial charge in [-0.15, -0.1) is 0 Å². The van der Waals surface area contributed by atoms with Gasteiger partial charge in [0.05, 0.1) is 0 Å². The summed E-state index contributed by atoms with van der Waals surface area (Å²) >= 11 is 4.83.